The molecule has 0 amide bonds. The standard InChI is InChI=1S/C13H20N4/c1-8(2)15-13-10-6-14-7-11(10)16-12(17-13)9-4-3-5-9/h8-9,14H,3-7H2,1-2H3,(H,15,16,17). The smallest absolute Gasteiger partial charge is 0.134 e. The van der Waals surface area contributed by atoms with Gasteiger partial charge >= 0.3 is 0 Å². The summed E-state index contributed by atoms with van der Waals surface area (Å²) in [6.45, 7) is 6.10. The zero-order valence-corrected chi connectivity index (χ0v) is 10.6. The maximum atomic E-state index is 4.74. The second-order valence-electron chi connectivity index (χ2n) is 5.39. The third-order valence-corrected chi connectivity index (χ3v) is 3.60. The zero-order valence-electron chi connectivity index (χ0n) is 10.6. The Bertz CT molecular complexity index is 424. The van der Waals surface area contributed by atoms with Gasteiger partial charge in [-0.25, -0.2) is 9.97 Å². The normalized spacial score (nSPS) is 19.2. The highest BCUT2D eigenvalue weighted by molar-refractivity contribution is 5.49. The SMILES string of the molecule is CC(C)Nc1nc(C2CCC2)nc2c1CNC2. The molecule has 2 N–H and O–H groups in total. The van der Waals surface area contributed by atoms with Gasteiger partial charge in [0.2, 0.25) is 0 Å². The highest BCUT2D eigenvalue weighted by atomic mass is 15.1. The van der Waals surface area contributed by atoms with Crippen LogP contribution < -0.4 is 10.6 Å². The maximum Gasteiger partial charge on any atom is 0.134 e. The molecule has 1 aromatic rings. The van der Waals surface area contributed by atoms with Crippen LogP contribution in [0.5, 0.6) is 0 Å². The first kappa shape index (κ1) is 11.0. The molecule has 0 spiro atoms. The number of rotatable bonds is 3. The summed E-state index contributed by atoms with van der Waals surface area (Å²) in [4.78, 5) is 9.47. The summed E-state index contributed by atoms with van der Waals surface area (Å²) in [6, 6.07) is 0.420. The van der Waals surface area contributed by atoms with Crippen molar-refractivity contribution in [2.75, 3.05) is 5.32 Å². The summed E-state index contributed by atoms with van der Waals surface area (Å²) in [5.74, 6) is 2.72. The first-order valence-electron chi connectivity index (χ1n) is 6.61. The van der Waals surface area contributed by atoms with Crippen LogP contribution >= 0.6 is 0 Å². The molecule has 0 atom stereocenters. The molecule has 4 heteroatoms. The molecule has 2 heterocycles. The van der Waals surface area contributed by atoms with Crippen molar-refractivity contribution in [3.05, 3.63) is 17.1 Å². The molecule has 0 aromatic carbocycles. The van der Waals surface area contributed by atoms with Gasteiger partial charge in [0.05, 0.1) is 5.69 Å². The molecule has 92 valence electrons. The Kier molecular flexibility index (Phi) is 2.74. The van der Waals surface area contributed by atoms with E-state index in [2.05, 4.69) is 24.5 Å². The highest BCUT2D eigenvalue weighted by Crippen LogP contribution is 2.36. The molecule has 0 saturated heterocycles. The van der Waals surface area contributed by atoms with E-state index in [4.69, 9.17) is 9.97 Å². The number of anilines is 1. The Hall–Kier alpha value is -1.16. The van der Waals surface area contributed by atoms with Crippen LogP contribution in [0.2, 0.25) is 0 Å². The molecule has 1 fully saturated rings. The van der Waals surface area contributed by atoms with Crippen molar-refractivity contribution in [1.29, 1.82) is 0 Å². The molecule has 2 aliphatic rings. The molecular weight excluding hydrogens is 212 g/mol. The van der Waals surface area contributed by atoms with Gasteiger partial charge in [0.1, 0.15) is 11.6 Å². The maximum absolute atomic E-state index is 4.74. The molecule has 0 radical (unpaired) electrons. The summed E-state index contributed by atoms with van der Waals surface area (Å²) < 4.78 is 0. The monoisotopic (exact) mass is 232 g/mol. The summed E-state index contributed by atoms with van der Waals surface area (Å²) >= 11 is 0. The van der Waals surface area contributed by atoms with Crippen LogP contribution in [-0.4, -0.2) is 16.0 Å². The molecule has 0 unspecified atom stereocenters. The Labute approximate surface area is 102 Å². The lowest BCUT2D eigenvalue weighted by atomic mass is 9.85. The van der Waals surface area contributed by atoms with Crippen molar-refractivity contribution >= 4 is 5.82 Å². The molecule has 17 heavy (non-hydrogen) atoms. The molecule has 1 aliphatic heterocycles. The van der Waals surface area contributed by atoms with Crippen LogP contribution in [0.4, 0.5) is 5.82 Å². The van der Waals surface area contributed by atoms with Crippen molar-refractivity contribution in [3.63, 3.8) is 0 Å². The molecule has 3 rings (SSSR count). The third-order valence-electron chi connectivity index (χ3n) is 3.60. The van der Waals surface area contributed by atoms with Crippen molar-refractivity contribution < 1.29 is 0 Å². The van der Waals surface area contributed by atoms with Gasteiger partial charge in [-0.05, 0) is 26.7 Å². The van der Waals surface area contributed by atoms with Crippen LogP contribution in [0.3, 0.4) is 0 Å². The van der Waals surface area contributed by atoms with Crippen LogP contribution in [0.25, 0.3) is 0 Å². The molecule has 0 bridgehead atoms. The van der Waals surface area contributed by atoms with Gasteiger partial charge in [-0.2, -0.15) is 0 Å². The van der Waals surface area contributed by atoms with Gasteiger partial charge in [-0.15, -0.1) is 0 Å². The molecule has 1 aromatic heterocycles. The van der Waals surface area contributed by atoms with Crippen LogP contribution in [0.15, 0.2) is 0 Å². The number of hydrogen-bond acceptors (Lipinski definition) is 4. The van der Waals surface area contributed by atoms with E-state index < -0.39 is 0 Å². The summed E-state index contributed by atoms with van der Waals surface area (Å²) in [7, 11) is 0. The van der Waals surface area contributed by atoms with Crippen molar-refractivity contribution in [2.24, 2.45) is 0 Å². The highest BCUT2D eigenvalue weighted by Gasteiger charge is 2.26. The lowest BCUT2D eigenvalue weighted by Gasteiger charge is -2.25. The number of fused-ring (bicyclic) bond motifs is 1. The first-order valence-corrected chi connectivity index (χ1v) is 6.61. The second kappa shape index (κ2) is 4.26. The van der Waals surface area contributed by atoms with Gasteiger partial charge < -0.3 is 10.6 Å². The van der Waals surface area contributed by atoms with Crippen molar-refractivity contribution in [3.8, 4) is 0 Å². The minimum atomic E-state index is 0.420. The van der Waals surface area contributed by atoms with E-state index in [1.807, 2.05) is 0 Å². The van der Waals surface area contributed by atoms with E-state index in [1.54, 1.807) is 0 Å². The summed E-state index contributed by atoms with van der Waals surface area (Å²) in [6.07, 6.45) is 3.84. The Morgan fingerprint density at radius 2 is 2.06 bits per heavy atom. The van der Waals surface area contributed by atoms with E-state index in [0.29, 0.717) is 12.0 Å². The van der Waals surface area contributed by atoms with Crippen LogP contribution in [-0.2, 0) is 13.1 Å². The summed E-state index contributed by atoms with van der Waals surface area (Å²) in [5, 5.41) is 6.82. The molecule has 4 nitrogen and oxygen atoms in total. The minimum Gasteiger partial charge on any atom is -0.368 e. The predicted octanol–water partition coefficient (Wildman–Crippen LogP) is 2.17. The van der Waals surface area contributed by atoms with Gasteiger partial charge in [0.25, 0.3) is 0 Å². The fraction of sp³-hybridized carbons (Fsp3) is 0.692. The topological polar surface area (TPSA) is 49.8 Å². The zero-order chi connectivity index (χ0) is 11.8. The van der Waals surface area contributed by atoms with Gasteiger partial charge in [-0.3, -0.25) is 0 Å². The lowest BCUT2D eigenvalue weighted by molar-refractivity contribution is 0.400. The lowest BCUT2D eigenvalue weighted by Crippen LogP contribution is -2.18. The minimum absolute atomic E-state index is 0.420. The summed E-state index contributed by atoms with van der Waals surface area (Å²) in [5.41, 5.74) is 2.46. The van der Waals surface area contributed by atoms with E-state index in [9.17, 15) is 0 Å². The average molecular weight is 232 g/mol. The van der Waals surface area contributed by atoms with E-state index in [-0.39, 0.29) is 0 Å². The van der Waals surface area contributed by atoms with Crippen LogP contribution in [0, 0.1) is 0 Å². The first-order chi connectivity index (χ1) is 8.24. The third kappa shape index (κ3) is 2.02. The fourth-order valence-electron chi connectivity index (χ4n) is 2.43. The Morgan fingerprint density at radius 3 is 2.71 bits per heavy atom. The second-order valence-corrected chi connectivity index (χ2v) is 5.39. The quantitative estimate of drug-likeness (QED) is 0.838. The number of nitrogens with zero attached hydrogens (tertiary/aromatic N) is 2. The number of nitrogens with one attached hydrogen (secondary N) is 2. The van der Waals surface area contributed by atoms with Gasteiger partial charge in [-0.1, -0.05) is 6.42 Å². The predicted molar refractivity (Wildman–Crippen MR) is 67.9 cm³/mol. The largest absolute Gasteiger partial charge is 0.368 e. The Morgan fingerprint density at radius 1 is 1.24 bits per heavy atom. The number of hydrogen-bond donors (Lipinski definition) is 2. The van der Waals surface area contributed by atoms with Gasteiger partial charge in [0, 0.05) is 30.6 Å². The number of aromatic nitrogens is 2. The Balaban J connectivity index is 1.96. The fourth-order valence-corrected chi connectivity index (χ4v) is 2.43. The average Bonchev–Trinajstić information content (AvgIpc) is 2.61. The van der Waals surface area contributed by atoms with Crippen LogP contribution in [0.1, 0.15) is 56.1 Å². The van der Waals surface area contributed by atoms with E-state index in [1.165, 1.54) is 30.5 Å². The van der Waals surface area contributed by atoms with Gasteiger partial charge in [0.15, 0.2) is 0 Å². The molecule has 1 aliphatic carbocycles. The van der Waals surface area contributed by atoms with Crippen molar-refractivity contribution in [1.82, 2.24) is 15.3 Å². The van der Waals surface area contributed by atoms with Crippen molar-refractivity contribution in [2.45, 2.75) is 58.2 Å². The molecule has 1 saturated carbocycles. The molecular formula is C13H20N4. The van der Waals surface area contributed by atoms with E-state index >= 15 is 0 Å². The van der Waals surface area contributed by atoms with E-state index in [0.717, 1.165) is 24.7 Å².